The monoisotopic (exact) mass is 293 g/mol. The predicted octanol–water partition coefficient (Wildman–Crippen LogP) is 2.93. The molecule has 116 valence electrons. The molecule has 0 atom stereocenters. The Balaban J connectivity index is 2.60. The van der Waals surface area contributed by atoms with E-state index in [1.165, 1.54) is 6.07 Å². The second kappa shape index (κ2) is 7.73. The van der Waals surface area contributed by atoms with Crippen LogP contribution in [0.4, 0.5) is 11.4 Å². The highest BCUT2D eigenvalue weighted by Gasteiger charge is 2.14. The number of amides is 1. The molecule has 0 bridgehead atoms. The molecule has 0 aliphatic rings. The van der Waals surface area contributed by atoms with Crippen LogP contribution in [0.5, 0.6) is 0 Å². The number of benzene rings is 1. The van der Waals surface area contributed by atoms with E-state index in [9.17, 15) is 14.9 Å². The average molecular weight is 293 g/mol. The van der Waals surface area contributed by atoms with Crippen molar-refractivity contribution < 1.29 is 9.72 Å². The van der Waals surface area contributed by atoms with E-state index in [1.807, 2.05) is 0 Å². The standard InChI is InChI=1S/C15H23N3O3/c1-10(2)16-7-5-6-15(19)17-13-8-12(4)14(18(20)21)9-11(13)3/h8-10,16H,5-7H2,1-4H3,(H,17,19). The molecule has 0 aliphatic carbocycles. The fourth-order valence-corrected chi connectivity index (χ4v) is 1.98. The Morgan fingerprint density at radius 2 is 1.95 bits per heavy atom. The van der Waals surface area contributed by atoms with Crippen LogP contribution in [0.2, 0.25) is 0 Å². The van der Waals surface area contributed by atoms with Crippen LogP contribution in [0.25, 0.3) is 0 Å². The lowest BCUT2D eigenvalue weighted by Gasteiger charge is -2.11. The zero-order valence-electron chi connectivity index (χ0n) is 13.0. The number of carbonyl (C=O) groups is 1. The summed E-state index contributed by atoms with van der Waals surface area (Å²) in [5.74, 6) is -0.0723. The van der Waals surface area contributed by atoms with Crippen LogP contribution in [-0.4, -0.2) is 23.4 Å². The average Bonchev–Trinajstić information content (AvgIpc) is 2.38. The van der Waals surface area contributed by atoms with E-state index in [0.717, 1.165) is 13.0 Å². The van der Waals surface area contributed by atoms with Crippen LogP contribution in [-0.2, 0) is 4.79 Å². The van der Waals surface area contributed by atoms with Crippen LogP contribution in [0.3, 0.4) is 0 Å². The highest BCUT2D eigenvalue weighted by atomic mass is 16.6. The van der Waals surface area contributed by atoms with Gasteiger partial charge in [-0.25, -0.2) is 0 Å². The summed E-state index contributed by atoms with van der Waals surface area (Å²) in [6.45, 7) is 8.33. The minimum absolute atomic E-state index is 0.0723. The van der Waals surface area contributed by atoms with Gasteiger partial charge < -0.3 is 10.6 Å². The fraction of sp³-hybridized carbons (Fsp3) is 0.533. The predicted molar refractivity (Wildman–Crippen MR) is 83.6 cm³/mol. The Kier molecular flexibility index (Phi) is 6.30. The summed E-state index contributed by atoms with van der Waals surface area (Å²) >= 11 is 0. The van der Waals surface area contributed by atoms with Gasteiger partial charge in [0.25, 0.3) is 5.69 Å². The molecule has 0 spiro atoms. The molecule has 6 nitrogen and oxygen atoms in total. The van der Waals surface area contributed by atoms with E-state index in [-0.39, 0.29) is 11.6 Å². The van der Waals surface area contributed by atoms with Gasteiger partial charge in [0.05, 0.1) is 4.92 Å². The van der Waals surface area contributed by atoms with Crippen molar-refractivity contribution in [3.05, 3.63) is 33.4 Å². The molecule has 0 aliphatic heterocycles. The van der Waals surface area contributed by atoms with Crippen molar-refractivity contribution in [2.75, 3.05) is 11.9 Å². The van der Waals surface area contributed by atoms with E-state index >= 15 is 0 Å². The Morgan fingerprint density at radius 1 is 1.29 bits per heavy atom. The largest absolute Gasteiger partial charge is 0.326 e. The summed E-state index contributed by atoms with van der Waals surface area (Å²) in [5, 5.41) is 16.9. The third-order valence-corrected chi connectivity index (χ3v) is 3.15. The Bertz CT molecular complexity index is 527. The third-order valence-electron chi connectivity index (χ3n) is 3.15. The molecule has 0 radical (unpaired) electrons. The van der Waals surface area contributed by atoms with E-state index in [0.29, 0.717) is 29.3 Å². The number of nitrogens with zero attached hydrogens (tertiary/aromatic N) is 1. The quantitative estimate of drug-likeness (QED) is 0.460. The smallest absolute Gasteiger partial charge is 0.272 e. The van der Waals surface area contributed by atoms with Crippen molar-refractivity contribution in [3.8, 4) is 0 Å². The van der Waals surface area contributed by atoms with Gasteiger partial charge in [-0.15, -0.1) is 0 Å². The number of hydrogen-bond donors (Lipinski definition) is 2. The molecule has 1 rings (SSSR count). The Morgan fingerprint density at radius 3 is 2.52 bits per heavy atom. The van der Waals surface area contributed by atoms with E-state index in [2.05, 4.69) is 24.5 Å². The maximum absolute atomic E-state index is 11.9. The van der Waals surface area contributed by atoms with E-state index < -0.39 is 4.92 Å². The number of nitrogens with one attached hydrogen (secondary N) is 2. The highest BCUT2D eigenvalue weighted by molar-refractivity contribution is 5.91. The van der Waals surface area contributed by atoms with Crippen molar-refractivity contribution in [2.45, 2.75) is 46.6 Å². The van der Waals surface area contributed by atoms with Gasteiger partial charge in [0.2, 0.25) is 5.91 Å². The first-order valence-electron chi connectivity index (χ1n) is 7.10. The van der Waals surface area contributed by atoms with Gasteiger partial charge in [-0.05, 0) is 38.4 Å². The van der Waals surface area contributed by atoms with Crippen LogP contribution in [0.1, 0.15) is 37.8 Å². The summed E-state index contributed by atoms with van der Waals surface area (Å²) < 4.78 is 0. The minimum Gasteiger partial charge on any atom is -0.326 e. The molecule has 6 heteroatoms. The minimum atomic E-state index is -0.411. The van der Waals surface area contributed by atoms with Crippen molar-refractivity contribution in [1.82, 2.24) is 5.32 Å². The summed E-state index contributed by atoms with van der Waals surface area (Å²) in [4.78, 5) is 22.3. The van der Waals surface area contributed by atoms with Gasteiger partial charge in [0.15, 0.2) is 0 Å². The number of anilines is 1. The maximum atomic E-state index is 11.9. The zero-order valence-corrected chi connectivity index (χ0v) is 13.0. The summed E-state index contributed by atoms with van der Waals surface area (Å²) in [5.41, 5.74) is 1.95. The number of nitro groups is 1. The van der Waals surface area contributed by atoms with Gasteiger partial charge in [0, 0.05) is 29.8 Å². The van der Waals surface area contributed by atoms with E-state index in [4.69, 9.17) is 0 Å². The number of rotatable bonds is 7. The van der Waals surface area contributed by atoms with Crippen molar-refractivity contribution in [1.29, 1.82) is 0 Å². The third kappa shape index (κ3) is 5.51. The summed E-state index contributed by atoms with van der Waals surface area (Å²) in [6.07, 6.45) is 1.18. The Labute approximate surface area is 125 Å². The molecule has 0 fully saturated rings. The highest BCUT2D eigenvalue weighted by Crippen LogP contribution is 2.26. The number of carbonyl (C=O) groups excluding carboxylic acids is 1. The van der Waals surface area contributed by atoms with E-state index in [1.54, 1.807) is 19.9 Å². The fourth-order valence-electron chi connectivity index (χ4n) is 1.98. The zero-order chi connectivity index (χ0) is 16.0. The molecule has 0 aromatic heterocycles. The van der Waals surface area contributed by atoms with Crippen molar-refractivity contribution >= 4 is 17.3 Å². The molecule has 21 heavy (non-hydrogen) atoms. The first kappa shape index (κ1) is 17.1. The molecular weight excluding hydrogens is 270 g/mol. The van der Waals surface area contributed by atoms with Gasteiger partial charge in [-0.1, -0.05) is 13.8 Å². The lowest BCUT2D eigenvalue weighted by molar-refractivity contribution is -0.385. The number of hydrogen-bond acceptors (Lipinski definition) is 4. The molecule has 1 aromatic carbocycles. The lowest BCUT2D eigenvalue weighted by atomic mass is 10.1. The maximum Gasteiger partial charge on any atom is 0.272 e. The van der Waals surface area contributed by atoms with Gasteiger partial charge in [-0.3, -0.25) is 14.9 Å². The molecule has 0 saturated heterocycles. The molecule has 0 unspecified atom stereocenters. The molecule has 0 heterocycles. The Hall–Kier alpha value is -1.95. The van der Waals surface area contributed by atoms with Crippen molar-refractivity contribution in [2.24, 2.45) is 0 Å². The van der Waals surface area contributed by atoms with Crippen LogP contribution in [0.15, 0.2) is 12.1 Å². The first-order valence-corrected chi connectivity index (χ1v) is 7.10. The molecular formula is C15H23N3O3. The normalized spacial score (nSPS) is 10.7. The van der Waals surface area contributed by atoms with Crippen LogP contribution in [0, 0.1) is 24.0 Å². The lowest BCUT2D eigenvalue weighted by Crippen LogP contribution is -2.24. The number of aryl methyl sites for hydroxylation is 2. The summed E-state index contributed by atoms with van der Waals surface area (Å²) in [6, 6.07) is 3.55. The SMILES string of the molecule is Cc1cc([N+](=O)[O-])c(C)cc1NC(=O)CCCNC(C)C. The molecule has 2 N–H and O–H groups in total. The second-order valence-corrected chi connectivity index (χ2v) is 5.47. The molecule has 1 aromatic rings. The topological polar surface area (TPSA) is 84.3 Å². The molecule has 0 saturated carbocycles. The first-order chi connectivity index (χ1) is 9.81. The van der Waals surface area contributed by atoms with Crippen LogP contribution < -0.4 is 10.6 Å². The van der Waals surface area contributed by atoms with Gasteiger partial charge in [0.1, 0.15) is 0 Å². The summed E-state index contributed by atoms with van der Waals surface area (Å²) in [7, 11) is 0. The second-order valence-electron chi connectivity index (χ2n) is 5.47. The molecule has 1 amide bonds. The van der Waals surface area contributed by atoms with Gasteiger partial charge in [-0.2, -0.15) is 0 Å². The number of nitro benzene ring substituents is 1. The van der Waals surface area contributed by atoms with Crippen LogP contribution >= 0.6 is 0 Å². The van der Waals surface area contributed by atoms with Gasteiger partial charge >= 0.3 is 0 Å². The van der Waals surface area contributed by atoms with Crippen molar-refractivity contribution in [3.63, 3.8) is 0 Å².